The monoisotopic (exact) mass is 143 g/mol. The maximum absolute atomic E-state index is 4.04. The van der Waals surface area contributed by atoms with Crippen LogP contribution in [0.2, 0.25) is 0 Å². The summed E-state index contributed by atoms with van der Waals surface area (Å²) in [4.78, 5) is 0. The second-order valence-corrected chi connectivity index (χ2v) is 2.43. The Kier molecular flexibility index (Phi) is 4.72. The quantitative estimate of drug-likeness (QED) is 0.350. The van der Waals surface area contributed by atoms with Crippen molar-refractivity contribution in [2.24, 2.45) is 5.10 Å². The van der Waals surface area contributed by atoms with Gasteiger partial charge in [-0.2, -0.15) is 5.10 Å². The van der Waals surface area contributed by atoms with Gasteiger partial charge in [0.15, 0.2) is 0 Å². The van der Waals surface area contributed by atoms with Crippen molar-refractivity contribution in [3.8, 4) is 0 Å². The summed E-state index contributed by atoms with van der Waals surface area (Å²) in [6.45, 7) is 6.27. The van der Waals surface area contributed by atoms with Gasteiger partial charge in [-0.15, -0.1) is 0 Å². The van der Waals surface area contributed by atoms with Crippen LogP contribution in [-0.2, 0) is 0 Å². The van der Waals surface area contributed by atoms with Crippen LogP contribution in [0.3, 0.4) is 0 Å². The average Bonchev–Trinajstić information content (AvgIpc) is 1.86. The molecule has 0 radical (unpaired) electrons. The second kappa shape index (κ2) is 5.09. The molecule has 0 aliphatic heterocycles. The van der Waals surface area contributed by atoms with Gasteiger partial charge < -0.3 is 10.7 Å². The highest BCUT2D eigenvalue weighted by atomic mass is 15.3. The fourth-order valence-electron chi connectivity index (χ4n) is 0.682. The van der Waals surface area contributed by atoms with Crippen LogP contribution in [0.15, 0.2) is 5.10 Å². The van der Waals surface area contributed by atoms with Crippen LogP contribution in [0.1, 0.15) is 27.2 Å². The van der Waals surface area contributed by atoms with Crippen molar-refractivity contribution in [3.05, 3.63) is 0 Å². The summed E-state index contributed by atoms with van der Waals surface area (Å²) >= 11 is 0. The van der Waals surface area contributed by atoms with E-state index in [1.165, 1.54) is 0 Å². The Bertz CT molecular complexity index is 107. The summed E-state index contributed by atoms with van der Waals surface area (Å²) in [7, 11) is 1.80. The van der Waals surface area contributed by atoms with Crippen LogP contribution in [0, 0.1) is 0 Å². The van der Waals surface area contributed by atoms with Gasteiger partial charge >= 0.3 is 0 Å². The standard InChI is InChI=1S/C7H17N3/c1-5-7(10-8-4)9-6(2)3/h6,8H,5H2,1-4H3,(H,9,10). The second-order valence-electron chi connectivity index (χ2n) is 2.43. The maximum Gasteiger partial charge on any atom is 0.122 e. The van der Waals surface area contributed by atoms with E-state index in [0.717, 1.165) is 12.3 Å². The lowest BCUT2D eigenvalue weighted by atomic mass is 10.3. The molecule has 0 bridgehead atoms. The van der Waals surface area contributed by atoms with Gasteiger partial charge in [0.05, 0.1) is 0 Å². The molecule has 0 heterocycles. The van der Waals surface area contributed by atoms with Crippen LogP contribution in [0.5, 0.6) is 0 Å². The molecule has 0 aliphatic rings. The van der Waals surface area contributed by atoms with E-state index in [2.05, 4.69) is 36.6 Å². The van der Waals surface area contributed by atoms with E-state index >= 15 is 0 Å². The maximum atomic E-state index is 4.04. The normalized spacial score (nSPS) is 11.9. The van der Waals surface area contributed by atoms with Crippen LogP contribution in [0.25, 0.3) is 0 Å². The highest BCUT2D eigenvalue weighted by Crippen LogP contribution is 1.83. The van der Waals surface area contributed by atoms with Crippen molar-refractivity contribution >= 4 is 5.84 Å². The van der Waals surface area contributed by atoms with E-state index in [9.17, 15) is 0 Å². The molecule has 0 saturated heterocycles. The molecule has 0 rings (SSSR count). The molecule has 0 aromatic rings. The summed E-state index contributed by atoms with van der Waals surface area (Å²) in [5.74, 6) is 1.01. The molecule has 0 saturated carbocycles. The highest BCUT2D eigenvalue weighted by Gasteiger charge is 1.95. The molecule has 0 aromatic carbocycles. The van der Waals surface area contributed by atoms with Gasteiger partial charge in [-0.25, -0.2) is 0 Å². The van der Waals surface area contributed by atoms with Gasteiger partial charge in [0.2, 0.25) is 0 Å². The van der Waals surface area contributed by atoms with Gasteiger partial charge in [-0.3, -0.25) is 0 Å². The zero-order valence-corrected chi connectivity index (χ0v) is 7.23. The van der Waals surface area contributed by atoms with Crippen molar-refractivity contribution in [3.63, 3.8) is 0 Å². The zero-order chi connectivity index (χ0) is 7.98. The van der Waals surface area contributed by atoms with Crippen LogP contribution >= 0.6 is 0 Å². The third-order valence-electron chi connectivity index (χ3n) is 1.04. The Morgan fingerprint density at radius 2 is 2.10 bits per heavy atom. The van der Waals surface area contributed by atoms with E-state index in [1.54, 1.807) is 7.05 Å². The molecule has 0 fully saturated rings. The van der Waals surface area contributed by atoms with E-state index in [0.29, 0.717) is 6.04 Å². The minimum atomic E-state index is 0.465. The number of nitrogens with one attached hydrogen (secondary N) is 2. The predicted molar refractivity (Wildman–Crippen MR) is 45.1 cm³/mol. The van der Waals surface area contributed by atoms with E-state index in [4.69, 9.17) is 0 Å². The Morgan fingerprint density at radius 3 is 2.40 bits per heavy atom. The van der Waals surface area contributed by atoms with Crippen LogP contribution in [-0.4, -0.2) is 18.9 Å². The third-order valence-corrected chi connectivity index (χ3v) is 1.04. The molecule has 0 amide bonds. The van der Waals surface area contributed by atoms with Crippen molar-refractivity contribution < 1.29 is 0 Å². The molecule has 3 heteroatoms. The summed E-state index contributed by atoms with van der Waals surface area (Å²) in [6, 6.07) is 0.465. The molecule has 10 heavy (non-hydrogen) atoms. The average molecular weight is 143 g/mol. The number of amidine groups is 1. The molecule has 0 aliphatic carbocycles. The van der Waals surface area contributed by atoms with Crippen molar-refractivity contribution in [2.45, 2.75) is 33.2 Å². The van der Waals surface area contributed by atoms with Crippen molar-refractivity contribution in [1.82, 2.24) is 10.7 Å². The first-order valence-electron chi connectivity index (χ1n) is 3.70. The van der Waals surface area contributed by atoms with E-state index < -0.39 is 0 Å². The van der Waals surface area contributed by atoms with Gasteiger partial charge in [-0.05, 0) is 13.8 Å². The summed E-state index contributed by atoms with van der Waals surface area (Å²) in [6.07, 6.45) is 0.943. The number of hydrogen-bond acceptors (Lipinski definition) is 2. The topological polar surface area (TPSA) is 36.4 Å². The molecule has 0 unspecified atom stereocenters. The molecule has 2 N–H and O–H groups in total. The van der Waals surface area contributed by atoms with Crippen molar-refractivity contribution in [1.29, 1.82) is 0 Å². The Labute approximate surface area is 62.9 Å². The third kappa shape index (κ3) is 4.18. The molecule has 3 nitrogen and oxygen atoms in total. The first-order valence-corrected chi connectivity index (χ1v) is 3.70. The molecule has 0 spiro atoms. The largest absolute Gasteiger partial charge is 0.370 e. The lowest BCUT2D eigenvalue weighted by molar-refractivity contribution is 0.710. The molecule has 0 atom stereocenters. The first-order chi connectivity index (χ1) is 4.70. The summed E-state index contributed by atoms with van der Waals surface area (Å²) in [5, 5.41) is 7.26. The van der Waals surface area contributed by atoms with Crippen LogP contribution < -0.4 is 10.7 Å². The lowest BCUT2D eigenvalue weighted by Gasteiger charge is -2.10. The highest BCUT2D eigenvalue weighted by molar-refractivity contribution is 5.81. The summed E-state index contributed by atoms with van der Waals surface area (Å²) < 4.78 is 0. The molecular formula is C7H17N3. The molecule has 0 aromatic heterocycles. The molecule has 60 valence electrons. The van der Waals surface area contributed by atoms with E-state index in [-0.39, 0.29) is 0 Å². The van der Waals surface area contributed by atoms with Crippen molar-refractivity contribution in [2.75, 3.05) is 7.05 Å². The molecular weight excluding hydrogens is 126 g/mol. The van der Waals surface area contributed by atoms with E-state index in [1.807, 2.05) is 0 Å². The summed E-state index contributed by atoms with van der Waals surface area (Å²) in [5.41, 5.74) is 2.75. The fourth-order valence-corrected chi connectivity index (χ4v) is 0.682. The Morgan fingerprint density at radius 1 is 1.50 bits per heavy atom. The predicted octanol–water partition coefficient (Wildman–Crippen LogP) is 0.927. The number of nitrogens with zero attached hydrogens (tertiary/aromatic N) is 1. The smallest absolute Gasteiger partial charge is 0.122 e. The Balaban J connectivity index is 3.71. The number of rotatable bonds is 3. The first kappa shape index (κ1) is 9.27. The lowest BCUT2D eigenvalue weighted by Crippen LogP contribution is -2.30. The fraction of sp³-hybridized carbons (Fsp3) is 0.857. The zero-order valence-electron chi connectivity index (χ0n) is 7.23. The number of hydrogen-bond donors (Lipinski definition) is 2. The van der Waals surface area contributed by atoms with Gasteiger partial charge in [0.25, 0.3) is 0 Å². The minimum Gasteiger partial charge on any atom is -0.370 e. The van der Waals surface area contributed by atoms with Gasteiger partial charge in [-0.1, -0.05) is 6.92 Å². The van der Waals surface area contributed by atoms with Gasteiger partial charge in [0.1, 0.15) is 5.84 Å². The van der Waals surface area contributed by atoms with Crippen LogP contribution in [0.4, 0.5) is 0 Å². The van der Waals surface area contributed by atoms with Gasteiger partial charge in [0, 0.05) is 19.5 Å². The Hall–Kier alpha value is -0.730. The SMILES string of the molecule is CC/C(=N/NC)NC(C)C. The minimum absolute atomic E-state index is 0.465. The number of hydrazone groups is 1.